The first-order valence-corrected chi connectivity index (χ1v) is 7.56. The number of nitrogens with zero attached hydrogens (tertiary/aromatic N) is 3. The van der Waals surface area contributed by atoms with Crippen molar-refractivity contribution >= 4 is 0 Å². The van der Waals surface area contributed by atoms with E-state index in [-0.39, 0.29) is 5.54 Å². The standard InChI is InChI=1S/C15H28N4/c1-11(2)9-19-14(17-10-18-19)8-15(16)7-12(3)5-6-13(15)4/h10-13H,5-9,16H2,1-4H3. The second kappa shape index (κ2) is 5.61. The Hall–Kier alpha value is -0.900. The summed E-state index contributed by atoms with van der Waals surface area (Å²) in [6, 6.07) is 0. The first-order chi connectivity index (χ1) is 8.90. The first kappa shape index (κ1) is 14.5. The van der Waals surface area contributed by atoms with Crippen LogP contribution in [0.2, 0.25) is 0 Å². The van der Waals surface area contributed by atoms with E-state index < -0.39 is 0 Å². The largest absolute Gasteiger partial charge is 0.324 e. The monoisotopic (exact) mass is 264 g/mol. The minimum absolute atomic E-state index is 0.112. The molecule has 3 atom stereocenters. The van der Waals surface area contributed by atoms with Gasteiger partial charge in [-0.3, -0.25) is 0 Å². The van der Waals surface area contributed by atoms with Gasteiger partial charge in [-0.2, -0.15) is 5.10 Å². The summed E-state index contributed by atoms with van der Waals surface area (Å²) in [6.07, 6.45) is 6.15. The summed E-state index contributed by atoms with van der Waals surface area (Å²) in [6.45, 7) is 9.93. The molecule has 0 bridgehead atoms. The molecule has 0 amide bonds. The van der Waals surface area contributed by atoms with Gasteiger partial charge in [0, 0.05) is 18.5 Å². The maximum atomic E-state index is 6.70. The van der Waals surface area contributed by atoms with Crippen LogP contribution in [-0.2, 0) is 13.0 Å². The fourth-order valence-electron chi connectivity index (χ4n) is 3.24. The van der Waals surface area contributed by atoms with Gasteiger partial charge >= 0.3 is 0 Å². The Bertz CT molecular complexity index is 412. The lowest BCUT2D eigenvalue weighted by molar-refractivity contribution is 0.157. The highest BCUT2D eigenvalue weighted by Gasteiger charge is 2.38. The lowest BCUT2D eigenvalue weighted by Crippen LogP contribution is -2.52. The van der Waals surface area contributed by atoms with Crippen LogP contribution in [0.5, 0.6) is 0 Å². The number of hydrogen-bond acceptors (Lipinski definition) is 3. The molecule has 0 aromatic carbocycles. The minimum Gasteiger partial charge on any atom is -0.324 e. The third kappa shape index (κ3) is 3.35. The maximum Gasteiger partial charge on any atom is 0.138 e. The number of aromatic nitrogens is 3. The van der Waals surface area contributed by atoms with Gasteiger partial charge in [0.2, 0.25) is 0 Å². The van der Waals surface area contributed by atoms with Crippen LogP contribution in [0.25, 0.3) is 0 Å². The Balaban J connectivity index is 2.13. The molecule has 19 heavy (non-hydrogen) atoms. The Morgan fingerprint density at radius 1 is 1.42 bits per heavy atom. The Morgan fingerprint density at radius 3 is 2.84 bits per heavy atom. The van der Waals surface area contributed by atoms with Crippen molar-refractivity contribution in [3.63, 3.8) is 0 Å². The number of hydrogen-bond donors (Lipinski definition) is 1. The minimum atomic E-state index is -0.112. The fourth-order valence-corrected chi connectivity index (χ4v) is 3.24. The van der Waals surface area contributed by atoms with Gasteiger partial charge in [0.15, 0.2) is 0 Å². The molecule has 0 radical (unpaired) electrons. The molecule has 1 aromatic heterocycles. The molecule has 1 saturated carbocycles. The molecule has 0 saturated heterocycles. The smallest absolute Gasteiger partial charge is 0.138 e. The van der Waals surface area contributed by atoms with E-state index in [4.69, 9.17) is 5.73 Å². The van der Waals surface area contributed by atoms with Crippen LogP contribution < -0.4 is 5.73 Å². The maximum absolute atomic E-state index is 6.70. The van der Waals surface area contributed by atoms with Crippen molar-refractivity contribution in [3.8, 4) is 0 Å². The van der Waals surface area contributed by atoms with Gasteiger partial charge in [-0.05, 0) is 30.6 Å². The summed E-state index contributed by atoms with van der Waals surface area (Å²) in [5.41, 5.74) is 6.59. The molecule has 2 rings (SSSR count). The second-order valence-electron chi connectivity index (χ2n) is 6.95. The van der Waals surface area contributed by atoms with Crippen molar-refractivity contribution in [1.29, 1.82) is 0 Å². The fraction of sp³-hybridized carbons (Fsp3) is 0.867. The van der Waals surface area contributed by atoms with Crippen LogP contribution in [-0.4, -0.2) is 20.3 Å². The number of rotatable bonds is 4. The van der Waals surface area contributed by atoms with Crippen molar-refractivity contribution < 1.29 is 0 Å². The number of nitrogens with two attached hydrogens (primary N) is 1. The lowest BCUT2D eigenvalue weighted by Gasteiger charge is -2.42. The van der Waals surface area contributed by atoms with Crippen LogP contribution >= 0.6 is 0 Å². The molecule has 4 nitrogen and oxygen atoms in total. The van der Waals surface area contributed by atoms with Crippen molar-refractivity contribution in [3.05, 3.63) is 12.2 Å². The molecule has 0 spiro atoms. The average molecular weight is 264 g/mol. The Labute approximate surface area is 116 Å². The van der Waals surface area contributed by atoms with E-state index in [1.807, 2.05) is 4.68 Å². The quantitative estimate of drug-likeness (QED) is 0.909. The average Bonchev–Trinajstić information content (AvgIpc) is 2.70. The molecule has 1 aliphatic carbocycles. The topological polar surface area (TPSA) is 56.7 Å². The summed E-state index contributed by atoms with van der Waals surface area (Å²) in [5.74, 6) is 2.92. The van der Waals surface area contributed by atoms with Gasteiger partial charge in [0.05, 0.1) is 0 Å². The van der Waals surface area contributed by atoms with Gasteiger partial charge in [-0.25, -0.2) is 9.67 Å². The predicted octanol–water partition coefficient (Wildman–Crippen LogP) is 2.63. The van der Waals surface area contributed by atoms with E-state index in [9.17, 15) is 0 Å². The van der Waals surface area contributed by atoms with Crippen LogP contribution in [0.4, 0.5) is 0 Å². The molecule has 108 valence electrons. The first-order valence-electron chi connectivity index (χ1n) is 7.56. The summed E-state index contributed by atoms with van der Waals surface area (Å²) in [7, 11) is 0. The van der Waals surface area contributed by atoms with Gasteiger partial charge < -0.3 is 5.73 Å². The van der Waals surface area contributed by atoms with Crippen molar-refractivity contribution in [2.45, 2.75) is 65.5 Å². The van der Waals surface area contributed by atoms with E-state index >= 15 is 0 Å². The van der Waals surface area contributed by atoms with Gasteiger partial charge in [-0.1, -0.05) is 34.1 Å². The zero-order valence-corrected chi connectivity index (χ0v) is 12.8. The highest BCUT2D eigenvalue weighted by atomic mass is 15.3. The van der Waals surface area contributed by atoms with Crippen LogP contribution in [0.15, 0.2) is 6.33 Å². The SMILES string of the molecule is CC(C)Cn1ncnc1CC1(N)CC(C)CCC1C. The van der Waals surface area contributed by atoms with Gasteiger partial charge in [0.1, 0.15) is 12.2 Å². The zero-order chi connectivity index (χ0) is 14.0. The summed E-state index contributed by atoms with van der Waals surface area (Å²) in [4.78, 5) is 4.44. The summed E-state index contributed by atoms with van der Waals surface area (Å²) >= 11 is 0. The van der Waals surface area contributed by atoms with E-state index in [2.05, 4.69) is 37.8 Å². The molecular formula is C15H28N4. The molecule has 1 aliphatic rings. The molecular weight excluding hydrogens is 236 g/mol. The molecule has 0 aliphatic heterocycles. The molecule has 1 fully saturated rings. The Morgan fingerprint density at radius 2 is 2.16 bits per heavy atom. The molecule has 1 aromatic rings. The molecule has 2 N–H and O–H groups in total. The van der Waals surface area contributed by atoms with Crippen LogP contribution in [0.3, 0.4) is 0 Å². The van der Waals surface area contributed by atoms with Crippen molar-refractivity contribution in [2.75, 3.05) is 0 Å². The van der Waals surface area contributed by atoms with E-state index in [1.54, 1.807) is 6.33 Å². The van der Waals surface area contributed by atoms with Crippen molar-refractivity contribution in [2.24, 2.45) is 23.5 Å². The van der Waals surface area contributed by atoms with Crippen LogP contribution in [0.1, 0.15) is 52.8 Å². The van der Waals surface area contributed by atoms with E-state index in [1.165, 1.54) is 12.8 Å². The van der Waals surface area contributed by atoms with E-state index in [0.29, 0.717) is 11.8 Å². The van der Waals surface area contributed by atoms with Gasteiger partial charge in [-0.15, -0.1) is 0 Å². The van der Waals surface area contributed by atoms with Crippen molar-refractivity contribution in [1.82, 2.24) is 14.8 Å². The van der Waals surface area contributed by atoms with E-state index in [0.717, 1.165) is 31.1 Å². The highest BCUT2D eigenvalue weighted by molar-refractivity contribution is 5.02. The molecule has 1 heterocycles. The molecule has 4 heteroatoms. The summed E-state index contributed by atoms with van der Waals surface area (Å²) < 4.78 is 2.03. The van der Waals surface area contributed by atoms with Gasteiger partial charge in [0.25, 0.3) is 0 Å². The second-order valence-corrected chi connectivity index (χ2v) is 6.95. The van der Waals surface area contributed by atoms with Crippen LogP contribution in [0, 0.1) is 17.8 Å². The molecule has 3 unspecified atom stereocenters. The third-order valence-corrected chi connectivity index (χ3v) is 4.52. The third-order valence-electron chi connectivity index (χ3n) is 4.52. The Kier molecular flexibility index (Phi) is 4.29. The predicted molar refractivity (Wildman–Crippen MR) is 77.7 cm³/mol. The lowest BCUT2D eigenvalue weighted by atomic mass is 9.68. The zero-order valence-electron chi connectivity index (χ0n) is 12.8. The summed E-state index contributed by atoms with van der Waals surface area (Å²) in [5, 5.41) is 4.35. The normalized spacial score (nSPS) is 31.9. The highest BCUT2D eigenvalue weighted by Crippen LogP contribution is 2.37.